The lowest BCUT2D eigenvalue weighted by molar-refractivity contribution is 0.0277. The number of aliphatic imine (C=N–C) groups is 1. The average Bonchev–Trinajstić information content (AvgIpc) is 2.71. The molecule has 166 valence electrons. The van der Waals surface area contributed by atoms with Gasteiger partial charge < -0.3 is 25.0 Å². The molecule has 0 aromatic heterocycles. The number of guanidine groups is 1. The SMILES string of the molecule is CCNC(=NCC1CCN(CCOC)CC1)NCCCOC1CCCCC1.I. The van der Waals surface area contributed by atoms with Gasteiger partial charge in [0.2, 0.25) is 0 Å². The van der Waals surface area contributed by atoms with Gasteiger partial charge in [0, 0.05) is 39.9 Å². The van der Waals surface area contributed by atoms with Crippen molar-refractivity contribution in [3.63, 3.8) is 0 Å². The zero-order valence-electron chi connectivity index (χ0n) is 18.1. The fourth-order valence-electron chi connectivity index (χ4n) is 3.94. The van der Waals surface area contributed by atoms with Gasteiger partial charge in [-0.05, 0) is 58.0 Å². The molecule has 1 aliphatic carbocycles. The molecule has 0 bridgehead atoms. The predicted octanol–water partition coefficient (Wildman–Crippen LogP) is 3.26. The van der Waals surface area contributed by atoms with Crippen LogP contribution in [0.1, 0.15) is 58.3 Å². The van der Waals surface area contributed by atoms with Crippen LogP contribution in [-0.4, -0.2) is 76.6 Å². The summed E-state index contributed by atoms with van der Waals surface area (Å²) in [6.45, 7) is 9.97. The number of nitrogens with zero attached hydrogens (tertiary/aromatic N) is 2. The zero-order valence-corrected chi connectivity index (χ0v) is 20.4. The van der Waals surface area contributed by atoms with Crippen molar-refractivity contribution >= 4 is 29.9 Å². The van der Waals surface area contributed by atoms with Gasteiger partial charge in [0.05, 0.1) is 12.7 Å². The van der Waals surface area contributed by atoms with Crippen LogP contribution < -0.4 is 10.6 Å². The minimum atomic E-state index is 0. The van der Waals surface area contributed by atoms with Crippen LogP contribution in [-0.2, 0) is 9.47 Å². The van der Waals surface area contributed by atoms with Gasteiger partial charge in [-0.2, -0.15) is 0 Å². The van der Waals surface area contributed by atoms with Gasteiger partial charge in [-0.15, -0.1) is 24.0 Å². The molecule has 7 heteroatoms. The van der Waals surface area contributed by atoms with E-state index in [1.807, 2.05) is 0 Å². The summed E-state index contributed by atoms with van der Waals surface area (Å²) in [4.78, 5) is 7.32. The smallest absolute Gasteiger partial charge is 0.191 e. The number of hydrogen-bond donors (Lipinski definition) is 2. The highest BCUT2D eigenvalue weighted by molar-refractivity contribution is 14.0. The summed E-state index contributed by atoms with van der Waals surface area (Å²) < 4.78 is 11.2. The van der Waals surface area contributed by atoms with Crippen molar-refractivity contribution in [2.24, 2.45) is 10.9 Å². The molecule has 28 heavy (non-hydrogen) atoms. The van der Waals surface area contributed by atoms with Crippen LogP contribution >= 0.6 is 24.0 Å². The second kappa shape index (κ2) is 16.7. The van der Waals surface area contributed by atoms with E-state index in [1.165, 1.54) is 58.0 Å². The lowest BCUT2D eigenvalue weighted by Gasteiger charge is -2.31. The minimum Gasteiger partial charge on any atom is -0.383 e. The van der Waals surface area contributed by atoms with E-state index in [4.69, 9.17) is 14.5 Å². The Balaban J connectivity index is 0.00000392. The molecule has 1 heterocycles. The van der Waals surface area contributed by atoms with Gasteiger partial charge in [0.25, 0.3) is 0 Å². The molecular formula is C21H43IN4O2. The molecule has 0 aromatic rings. The number of piperidine rings is 1. The highest BCUT2D eigenvalue weighted by Gasteiger charge is 2.18. The van der Waals surface area contributed by atoms with Gasteiger partial charge >= 0.3 is 0 Å². The number of hydrogen-bond acceptors (Lipinski definition) is 4. The molecule has 0 atom stereocenters. The van der Waals surface area contributed by atoms with Crippen LogP contribution in [0.15, 0.2) is 4.99 Å². The molecule has 0 spiro atoms. The van der Waals surface area contributed by atoms with Crippen LogP contribution in [0.3, 0.4) is 0 Å². The molecule has 2 rings (SSSR count). The van der Waals surface area contributed by atoms with Crippen molar-refractivity contribution < 1.29 is 9.47 Å². The van der Waals surface area contributed by atoms with E-state index in [1.54, 1.807) is 7.11 Å². The van der Waals surface area contributed by atoms with Gasteiger partial charge in [0.15, 0.2) is 5.96 Å². The van der Waals surface area contributed by atoms with E-state index in [-0.39, 0.29) is 24.0 Å². The van der Waals surface area contributed by atoms with Crippen molar-refractivity contribution in [3.05, 3.63) is 0 Å². The Morgan fingerprint density at radius 2 is 1.79 bits per heavy atom. The second-order valence-electron chi connectivity index (χ2n) is 7.91. The summed E-state index contributed by atoms with van der Waals surface area (Å²) in [5.41, 5.74) is 0. The number of nitrogens with one attached hydrogen (secondary N) is 2. The van der Waals surface area contributed by atoms with Crippen LogP contribution in [0.4, 0.5) is 0 Å². The monoisotopic (exact) mass is 510 g/mol. The van der Waals surface area contributed by atoms with E-state index in [2.05, 4.69) is 22.5 Å². The molecular weight excluding hydrogens is 467 g/mol. The maximum absolute atomic E-state index is 6.00. The number of rotatable bonds is 11. The second-order valence-corrected chi connectivity index (χ2v) is 7.91. The van der Waals surface area contributed by atoms with E-state index in [9.17, 15) is 0 Å². The van der Waals surface area contributed by atoms with E-state index in [0.29, 0.717) is 12.0 Å². The minimum absolute atomic E-state index is 0. The number of halogens is 1. The van der Waals surface area contributed by atoms with E-state index < -0.39 is 0 Å². The average molecular weight is 511 g/mol. The highest BCUT2D eigenvalue weighted by Crippen LogP contribution is 2.20. The van der Waals surface area contributed by atoms with Crippen molar-refractivity contribution in [1.82, 2.24) is 15.5 Å². The summed E-state index contributed by atoms with van der Waals surface area (Å²) in [7, 11) is 1.78. The topological polar surface area (TPSA) is 58.1 Å². The molecule has 2 N–H and O–H groups in total. The van der Waals surface area contributed by atoms with E-state index in [0.717, 1.165) is 51.8 Å². The highest BCUT2D eigenvalue weighted by atomic mass is 127. The lowest BCUT2D eigenvalue weighted by Crippen LogP contribution is -2.39. The predicted molar refractivity (Wildman–Crippen MR) is 128 cm³/mol. The molecule has 1 saturated heterocycles. The first-order chi connectivity index (χ1) is 13.3. The summed E-state index contributed by atoms with van der Waals surface area (Å²) >= 11 is 0. The van der Waals surface area contributed by atoms with Gasteiger partial charge in [0.1, 0.15) is 0 Å². The van der Waals surface area contributed by atoms with Crippen molar-refractivity contribution in [2.75, 3.05) is 59.6 Å². The number of likely N-dealkylation sites (tertiary alicyclic amines) is 1. The molecule has 1 saturated carbocycles. The molecule has 0 radical (unpaired) electrons. The standard InChI is InChI=1S/C21H42N4O2.HI/c1-3-22-21(23-12-7-16-27-20-8-5-4-6-9-20)24-18-19-10-13-25(14-11-19)15-17-26-2;/h19-20H,3-18H2,1-2H3,(H2,22,23,24);1H. The Labute approximate surface area is 189 Å². The van der Waals surface area contributed by atoms with Gasteiger partial charge in [-0.1, -0.05) is 19.3 Å². The first-order valence-electron chi connectivity index (χ1n) is 11.2. The first kappa shape index (κ1) is 25.9. The fraction of sp³-hybridized carbons (Fsp3) is 0.952. The van der Waals surface area contributed by atoms with Crippen molar-refractivity contribution in [1.29, 1.82) is 0 Å². The zero-order chi connectivity index (χ0) is 19.2. The maximum atomic E-state index is 6.00. The fourth-order valence-corrected chi connectivity index (χ4v) is 3.94. The van der Waals surface area contributed by atoms with Gasteiger partial charge in [-0.3, -0.25) is 4.99 Å². The Kier molecular flexibility index (Phi) is 15.4. The molecule has 2 aliphatic rings. The summed E-state index contributed by atoms with van der Waals surface area (Å²) in [5.74, 6) is 1.66. The van der Waals surface area contributed by atoms with Crippen LogP contribution in [0.5, 0.6) is 0 Å². The van der Waals surface area contributed by atoms with Crippen LogP contribution in [0.2, 0.25) is 0 Å². The third-order valence-electron chi connectivity index (χ3n) is 5.69. The maximum Gasteiger partial charge on any atom is 0.191 e. The van der Waals surface area contributed by atoms with E-state index >= 15 is 0 Å². The summed E-state index contributed by atoms with van der Waals surface area (Å²) in [6.07, 6.45) is 10.6. The molecule has 0 unspecified atom stereocenters. The number of ether oxygens (including phenoxy) is 2. The Morgan fingerprint density at radius 1 is 1.04 bits per heavy atom. The molecule has 6 nitrogen and oxygen atoms in total. The molecule has 0 amide bonds. The molecule has 1 aliphatic heterocycles. The van der Waals surface area contributed by atoms with Crippen molar-refractivity contribution in [3.8, 4) is 0 Å². The number of methoxy groups -OCH3 is 1. The third kappa shape index (κ3) is 11.2. The van der Waals surface area contributed by atoms with Crippen LogP contribution in [0, 0.1) is 5.92 Å². The van der Waals surface area contributed by atoms with Crippen LogP contribution in [0.25, 0.3) is 0 Å². The Morgan fingerprint density at radius 3 is 2.46 bits per heavy atom. The summed E-state index contributed by atoms with van der Waals surface area (Å²) in [5, 5.41) is 6.84. The Hall–Kier alpha value is -0.120. The molecule has 0 aromatic carbocycles. The van der Waals surface area contributed by atoms with Crippen molar-refractivity contribution in [2.45, 2.75) is 64.4 Å². The Bertz CT molecular complexity index is 398. The molecule has 2 fully saturated rings. The van der Waals surface area contributed by atoms with Gasteiger partial charge in [-0.25, -0.2) is 0 Å². The first-order valence-corrected chi connectivity index (χ1v) is 11.2. The largest absolute Gasteiger partial charge is 0.383 e. The quantitative estimate of drug-likeness (QED) is 0.194. The third-order valence-corrected chi connectivity index (χ3v) is 5.69. The lowest BCUT2D eigenvalue weighted by atomic mass is 9.97. The summed E-state index contributed by atoms with van der Waals surface area (Å²) in [6, 6.07) is 0. The normalized spacial score (nSPS) is 20.0.